The summed E-state index contributed by atoms with van der Waals surface area (Å²) < 4.78 is 24.7. The second-order valence-corrected chi connectivity index (χ2v) is 9.80. The maximum absolute atomic E-state index is 12.6. The van der Waals surface area contributed by atoms with Crippen molar-refractivity contribution < 1.29 is 18.0 Å². The topological polar surface area (TPSA) is 86.8 Å². The van der Waals surface area contributed by atoms with Gasteiger partial charge in [-0.1, -0.05) is 42.5 Å². The van der Waals surface area contributed by atoms with Gasteiger partial charge < -0.3 is 10.2 Å². The van der Waals surface area contributed by atoms with Gasteiger partial charge in [0.25, 0.3) is 0 Å². The summed E-state index contributed by atoms with van der Waals surface area (Å²) in [4.78, 5) is 27.7. The molecule has 0 saturated carbocycles. The predicted octanol–water partition coefficient (Wildman–Crippen LogP) is 2.77. The van der Waals surface area contributed by atoms with Crippen molar-refractivity contribution in [3.63, 3.8) is 0 Å². The molecule has 0 unspecified atom stereocenters. The van der Waals surface area contributed by atoms with Gasteiger partial charge in [-0.2, -0.15) is 0 Å². The van der Waals surface area contributed by atoms with Crippen LogP contribution in [-0.4, -0.2) is 62.0 Å². The Hall–Kier alpha value is -2.97. The second-order valence-electron chi connectivity index (χ2n) is 7.91. The quantitative estimate of drug-likeness (QED) is 0.694. The molecule has 1 saturated heterocycles. The van der Waals surface area contributed by atoms with E-state index in [4.69, 9.17) is 0 Å². The lowest BCUT2D eigenvalue weighted by Gasteiger charge is -2.22. The van der Waals surface area contributed by atoms with Crippen LogP contribution >= 0.6 is 0 Å². The molecule has 7 nitrogen and oxygen atoms in total. The zero-order valence-corrected chi connectivity index (χ0v) is 19.1. The number of anilines is 1. The number of amides is 2. The van der Waals surface area contributed by atoms with Crippen molar-refractivity contribution in [3.05, 3.63) is 71.1 Å². The van der Waals surface area contributed by atoms with Gasteiger partial charge in [-0.3, -0.25) is 14.5 Å². The molecule has 0 aliphatic carbocycles. The third-order valence-corrected chi connectivity index (χ3v) is 6.41. The van der Waals surface area contributed by atoms with E-state index in [9.17, 15) is 18.0 Å². The highest BCUT2D eigenvalue weighted by molar-refractivity contribution is 7.95. The molecular formula is C24H29N3O4S. The van der Waals surface area contributed by atoms with Crippen molar-refractivity contribution in [2.45, 2.75) is 19.9 Å². The number of hydrogen-bond donors (Lipinski definition) is 1. The largest absolute Gasteiger partial charge is 0.340 e. The van der Waals surface area contributed by atoms with E-state index in [2.05, 4.69) is 10.2 Å². The number of nitrogens with one attached hydrogen (secondary N) is 1. The summed E-state index contributed by atoms with van der Waals surface area (Å²) in [5, 5.41) is 3.87. The fourth-order valence-electron chi connectivity index (χ4n) is 3.59. The first kappa shape index (κ1) is 23.7. The second kappa shape index (κ2) is 11.1. The minimum absolute atomic E-state index is 0.104. The van der Waals surface area contributed by atoms with Gasteiger partial charge in [0.15, 0.2) is 9.84 Å². The van der Waals surface area contributed by atoms with Gasteiger partial charge in [0, 0.05) is 50.7 Å². The molecule has 0 radical (unpaired) electrons. The standard InChI is InChI=1S/C24H29N3O4S/c1-20(28)25-23-10-8-22(9-11-23)18-26-13-5-14-27(16-15-26)24(29)19-32(30,31)17-12-21-6-3-2-4-7-21/h2-4,6-12,17H,5,13-16,18-19H2,1H3,(H,25,28)/b17-12+. The van der Waals surface area contributed by atoms with E-state index >= 15 is 0 Å². The highest BCUT2D eigenvalue weighted by atomic mass is 32.2. The Bertz CT molecular complexity index is 1050. The summed E-state index contributed by atoms with van der Waals surface area (Å²) in [5.74, 6) is -0.974. The highest BCUT2D eigenvalue weighted by Gasteiger charge is 2.23. The number of nitrogens with zero attached hydrogens (tertiary/aromatic N) is 2. The van der Waals surface area contributed by atoms with Gasteiger partial charge in [0.05, 0.1) is 0 Å². The normalized spacial score (nSPS) is 15.5. The number of hydrogen-bond acceptors (Lipinski definition) is 5. The zero-order valence-electron chi connectivity index (χ0n) is 18.2. The van der Waals surface area contributed by atoms with Gasteiger partial charge >= 0.3 is 0 Å². The Balaban J connectivity index is 1.51. The molecule has 2 aromatic rings. The first-order valence-electron chi connectivity index (χ1n) is 10.6. The van der Waals surface area contributed by atoms with Crippen molar-refractivity contribution in [3.8, 4) is 0 Å². The van der Waals surface area contributed by atoms with Gasteiger partial charge in [-0.25, -0.2) is 8.42 Å². The van der Waals surface area contributed by atoms with E-state index in [1.807, 2.05) is 54.6 Å². The molecule has 0 bridgehead atoms. The van der Waals surface area contributed by atoms with E-state index in [0.29, 0.717) is 19.6 Å². The smallest absolute Gasteiger partial charge is 0.238 e. The lowest BCUT2D eigenvalue weighted by Crippen LogP contribution is -2.38. The van der Waals surface area contributed by atoms with Crippen LogP contribution in [0.25, 0.3) is 6.08 Å². The van der Waals surface area contributed by atoms with E-state index in [0.717, 1.165) is 41.7 Å². The molecule has 1 aliphatic heterocycles. The van der Waals surface area contributed by atoms with Crippen molar-refractivity contribution in [2.24, 2.45) is 0 Å². The minimum Gasteiger partial charge on any atom is -0.340 e. The van der Waals surface area contributed by atoms with E-state index in [1.165, 1.54) is 13.0 Å². The average molecular weight is 456 g/mol. The summed E-state index contributed by atoms with van der Waals surface area (Å²) >= 11 is 0. The van der Waals surface area contributed by atoms with Crippen LogP contribution in [0, 0.1) is 0 Å². The fourth-order valence-corrected chi connectivity index (χ4v) is 4.58. The minimum atomic E-state index is -3.63. The molecule has 0 spiro atoms. The summed E-state index contributed by atoms with van der Waals surface area (Å²) in [6.07, 6.45) is 2.31. The summed E-state index contributed by atoms with van der Waals surface area (Å²) in [6.45, 7) is 4.77. The number of rotatable bonds is 7. The third kappa shape index (κ3) is 7.62. The zero-order chi connectivity index (χ0) is 23.0. The lowest BCUT2D eigenvalue weighted by molar-refractivity contribution is -0.128. The molecule has 0 atom stereocenters. The number of carbonyl (C=O) groups is 2. The van der Waals surface area contributed by atoms with Crippen LogP contribution in [0.2, 0.25) is 0 Å². The molecule has 2 aromatic carbocycles. The molecule has 32 heavy (non-hydrogen) atoms. The monoisotopic (exact) mass is 455 g/mol. The van der Waals surface area contributed by atoms with Gasteiger partial charge in [0.2, 0.25) is 11.8 Å². The first-order chi connectivity index (χ1) is 15.3. The summed E-state index contributed by atoms with van der Waals surface area (Å²) in [6, 6.07) is 16.8. The van der Waals surface area contributed by atoms with E-state index in [-0.39, 0.29) is 11.8 Å². The van der Waals surface area contributed by atoms with Crippen molar-refractivity contribution in [1.82, 2.24) is 9.80 Å². The Labute approximate surface area is 189 Å². The Morgan fingerprint density at radius 1 is 0.969 bits per heavy atom. The molecule has 3 rings (SSSR count). The molecule has 170 valence electrons. The van der Waals surface area contributed by atoms with Crippen LogP contribution in [0.5, 0.6) is 0 Å². The van der Waals surface area contributed by atoms with Crippen LogP contribution in [-0.2, 0) is 26.0 Å². The summed E-state index contributed by atoms with van der Waals surface area (Å²) in [5.41, 5.74) is 2.66. The molecule has 1 N–H and O–H groups in total. The van der Waals surface area contributed by atoms with Crippen LogP contribution < -0.4 is 5.32 Å². The van der Waals surface area contributed by atoms with E-state index in [1.54, 1.807) is 4.90 Å². The van der Waals surface area contributed by atoms with Crippen molar-refractivity contribution in [2.75, 3.05) is 37.2 Å². The molecule has 8 heteroatoms. The molecule has 1 fully saturated rings. The molecule has 0 aromatic heterocycles. The molecular weight excluding hydrogens is 426 g/mol. The molecule has 1 heterocycles. The predicted molar refractivity (Wildman–Crippen MR) is 126 cm³/mol. The maximum Gasteiger partial charge on any atom is 0.238 e. The van der Waals surface area contributed by atoms with Gasteiger partial charge in [-0.15, -0.1) is 0 Å². The number of sulfone groups is 1. The van der Waals surface area contributed by atoms with E-state index < -0.39 is 15.6 Å². The van der Waals surface area contributed by atoms with Crippen molar-refractivity contribution >= 4 is 33.4 Å². The third-order valence-electron chi connectivity index (χ3n) is 5.21. The lowest BCUT2D eigenvalue weighted by atomic mass is 10.2. The molecule has 1 aliphatic rings. The fraction of sp³-hybridized carbons (Fsp3) is 0.333. The first-order valence-corrected chi connectivity index (χ1v) is 12.3. The number of carbonyl (C=O) groups excluding carboxylic acids is 2. The van der Waals surface area contributed by atoms with Crippen LogP contribution in [0.15, 0.2) is 60.0 Å². The van der Waals surface area contributed by atoms with Crippen LogP contribution in [0.4, 0.5) is 5.69 Å². The van der Waals surface area contributed by atoms with Crippen molar-refractivity contribution in [1.29, 1.82) is 0 Å². The average Bonchev–Trinajstić information content (AvgIpc) is 3.00. The van der Waals surface area contributed by atoms with Gasteiger partial charge in [-0.05, 0) is 35.8 Å². The molecule has 2 amide bonds. The van der Waals surface area contributed by atoms with Crippen LogP contribution in [0.3, 0.4) is 0 Å². The SMILES string of the molecule is CC(=O)Nc1ccc(CN2CCCN(C(=O)CS(=O)(=O)/C=C/c3ccccc3)CC2)cc1. The van der Waals surface area contributed by atoms with Crippen LogP contribution in [0.1, 0.15) is 24.5 Å². The van der Waals surface area contributed by atoms with Gasteiger partial charge in [0.1, 0.15) is 5.75 Å². The Kier molecular flexibility index (Phi) is 8.19. The Morgan fingerprint density at radius 2 is 1.69 bits per heavy atom. The number of benzene rings is 2. The maximum atomic E-state index is 12.6. The Morgan fingerprint density at radius 3 is 2.38 bits per heavy atom. The highest BCUT2D eigenvalue weighted by Crippen LogP contribution is 2.14. The summed E-state index contributed by atoms with van der Waals surface area (Å²) in [7, 11) is -3.63.